The standard InChI is InChI=1S/C20H30N2O2/c1-15(20(2,3)4)13-19(24)21-18-8-6-5-7-16(18)14-22-11-9-17(23)10-12-22/h5-8,13,17,23H,9-12,14H2,1-4H3,(H,21,24)/b15-13-. The zero-order valence-corrected chi connectivity index (χ0v) is 15.3. The van der Waals surface area contributed by atoms with Crippen LogP contribution < -0.4 is 5.32 Å². The number of likely N-dealkylation sites (tertiary alicyclic amines) is 1. The smallest absolute Gasteiger partial charge is 0.248 e. The van der Waals surface area contributed by atoms with E-state index in [0.29, 0.717) is 0 Å². The molecule has 1 fully saturated rings. The Hall–Kier alpha value is -1.65. The summed E-state index contributed by atoms with van der Waals surface area (Å²) in [7, 11) is 0. The summed E-state index contributed by atoms with van der Waals surface area (Å²) in [5.41, 5.74) is 3.03. The van der Waals surface area contributed by atoms with Gasteiger partial charge in [-0.3, -0.25) is 9.69 Å². The zero-order valence-electron chi connectivity index (χ0n) is 15.3. The van der Waals surface area contributed by atoms with E-state index < -0.39 is 0 Å². The SMILES string of the molecule is C/C(=C/C(=O)Nc1ccccc1CN1CCC(O)CC1)C(C)(C)C. The summed E-state index contributed by atoms with van der Waals surface area (Å²) >= 11 is 0. The van der Waals surface area contributed by atoms with Crippen LogP contribution in [0.5, 0.6) is 0 Å². The molecule has 0 atom stereocenters. The van der Waals surface area contributed by atoms with Crippen LogP contribution in [0.3, 0.4) is 0 Å². The highest BCUT2D eigenvalue weighted by Gasteiger charge is 2.18. The molecule has 0 radical (unpaired) electrons. The molecule has 132 valence electrons. The Balaban J connectivity index is 2.05. The van der Waals surface area contributed by atoms with Crippen molar-refractivity contribution >= 4 is 11.6 Å². The van der Waals surface area contributed by atoms with E-state index in [2.05, 4.69) is 37.1 Å². The lowest BCUT2D eigenvalue weighted by atomic mass is 9.87. The maximum absolute atomic E-state index is 12.3. The van der Waals surface area contributed by atoms with Gasteiger partial charge in [-0.15, -0.1) is 0 Å². The molecule has 1 saturated heterocycles. The molecule has 1 aromatic rings. The summed E-state index contributed by atoms with van der Waals surface area (Å²) in [6.07, 6.45) is 3.17. The normalized spacial score (nSPS) is 17.8. The number of hydrogen-bond donors (Lipinski definition) is 2. The molecule has 0 unspecified atom stereocenters. The van der Waals surface area contributed by atoms with Crippen molar-refractivity contribution in [1.82, 2.24) is 4.90 Å². The molecule has 4 nitrogen and oxygen atoms in total. The predicted octanol–water partition coefficient (Wildman–Crippen LogP) is 3.57. The Labute approximate surface area is 145 Å². The second-order valence-electron chi connectivity index (χ2n) is 7.73. The molecule has 2 N–H and O–H groups in total. The highest BCUT2D eigenvalue weighted by atomic mass is 16.3. The van der Waals surface area contributed by atoms with Gasteiger partial charge in [0.1, 0.15) is 0 Å². The van der Waals surface area contributed by atoms with Crippen molar-refractivity contribution in [3.8, 4) is 0 Å². The maximum atomic E-state index is 12.3. The van der Waals surface area contributed by atoms with Crippen LogP contribution in [0.25, 0.3) is 0 Å². The average molecular weight is 330 g/mol. The number of aliphatic hydroxyl groups is 1. The van der Waals surface area contributed by atoms with Gasteiger partial charge in [0.15, 0.2) is 0 Å². The van der Waals surface area contributed by atoms with Crippen LogP contribution in [0.2, 0.25) is 0 Å². The Bertz CT molecular complexity index is 594. The van der Waals surface area contributed by atoms with Gasteiger partial charge in [0.25, 0.3) is 0 Å². The third-order valence-corrected chi connectivity index (χ3v) is 4.76. The van der Waals surface area contributed by atoms with Crippen LogP contribution in [-0.4, -0.2) is 35.1 Å². The molecule has 1 heterocycles. The lowest BCUT2D eigenvalue weighted by Crippen LogP contribution is -2.35. The highest BCUT2D eigenvalue weighted by molar-refractivity contribution is 6.00. The summed E-state index contributed by atoms with van der Waals surface area (Å²) in [6.45, 7) is 10.9. The number of carbonyl (C=O) groups excluding carboxylic acids is 1. The monoisotopic (exact) mass is 330 g/mol. The van der Waals surface area contributed by atoms with Crippen molar-refractivity contribution < 1.29 is 9.90 Å². The number of anilines is 1. The molecule has 1 amide bonds. The molecular formula is C20H30N2O2. The van der Waals surface area contributed by atoms with Gasteiger partial charge in [0.05, 0.1) is 6.10 Å². The van der Waals surface area contributed by atoms with Crippen molar-refractivity contribution in [3.63, 3.8) is 0 Å². The fraction of sp³-hybridized carbons (Fsp3) is 0.550. The molecule has 0 bridgehead atoms. The van der Waals surface area contributed by atoms with Crippen molar-refractivity contribution in [2.45, 2.75) is 53.2 Å². The van der Waals surface area contributed by atoms with Gasteiger partial charge in [-0.1, -0.05) is 44.5 Å². The summed E-state index contributed by atoms with van der Waals surface area (Å²) in [6, 6.07) is 7.95. The Morgan fingerprint density at radius 1 is 1.29 bits per heavy atom. The van der Waals surface area contributed by atoms with Gasteiger partial charge in [-0.25, -0.2) is 0 Å². The Morgan fingerprint density at radius 2 is 1.92 bits per heavy atom. The molecule has 4 heteroatoms. The van der Waals surface area contributed by atoms with Crippen molar-refractivity contribution in [3.05, 3.63) is 41.5 Å². The number of aliphatic hydroxyl groups excluding tert-OH is 1. The third-order valence-electron chi connectivity index (χ3n) is 4.76. The van der Waals surface area contributed by atoms with Gasteiger partial charge in [-0.2, -0.15) is 0 Å². The van der Waals surface area contributed by atoms with Crippen LogP contribution in [-0.2, 0) is 11.3 Å². The van der Waals surface area contributed by atoms with Crippen molar-refractivity contribution in [2.24, 2.45) is 5.41 Å². The first-order chi connectivity index (χ1) is 11.3. The predicted molar refractivity (Wildman–Crippen MR) is 98.8 cm³/mol. The topological polar surface area (TPSA) is 52.6 Å². The number of nitrogens with one attached hydrogen (secondary N) is 1. The van der Waals surface area contributed by atoms with E-state index >= 15 is 0 Å². The number of amides is 1. The Morgan fingerprint density at radius 3 is 2.54 bits per heavy atom. The van der Waals surface area contributed by atoms with E-state index in [1.807, 2.05) is 25.1 Å². The molecule has 24 heavy (non-hydrogen) atoms. The molecule has 0 aromatic heterocycles. The minimum atomic E-state index is -0.165. The number of hydrogen-bond acceptors (Lipinski definition) is 3. The number of allylic oxidation sites excluding steroid dienone is 1. The molecular weight excluding hydrogens is 300 g/mol. The molecule has 0 saturated carbocycles. The first-order valence-electron chi connectivity index (χ1n) is 8.74. The van der Waals surface area contributed by atoms with Crippen LogP contribution in [0, 0.1) is 5.41 Å². The first-order valence-corrected chi connectivity index (χ1v) is 8.74. The van der Waals surface area contributed by atoms with E-state index in [4.69, 9.17) is 0 Å². The van der Waals surface area contributed by atoms with E-state index in [0.717, 1.165) is 49.3 Å². The van der Waals surface area contributed by atoms with E-state index in [9.17, 15) is 9.90 Å². The van der Waals surface area contributed by atoms with E-state index in [-0.39, 0.29) is 17.4 Å². The molecule has 0 spiro atoms. The summed E-state index contributed by atoms with van der Waals surface area (Å²) in [5.74, 6) is -0.0797. The van der Waals surface area contributed by atoms with Gasteiger partial charge in [0, 0.05) is 31.4 Å². The summed E-state index contributed by atoms with van der Waals surface area (Å²) in [4.78, 5) is 14.7. The number of para-hydroxylation sites is 1. The highest BCUT2D eigenvalue weighted by Crippen LogP contribution is 2.25. The fourth-order valence-electron chi connectivity index (χ4n) is 2.68. The molecule has 1 aliphatic heterocycles. The van der Waals surface area contributed by atoms with Gasteiger partial charge < -0.3 is 10.4 Å². The quantitative estimate of drug-likeness (QED) is 0.830. The number of rotatable bonds is 4. The Kier molecular flexibility index (Phi) is 6.19. The minimum absolute atomic E-state index is 0.00844. The average Bonchev–Trinajstić information content (AvgIpc) is 2.50. The van der Waals surface area contributed by atoms with Crippen molar-refractivity contribution in [2.75, 3.05) is 18.4 Å². The first kappa shape index (κ1) is 18.7. The second-order valence-corrected chi connectivity index (χ2v) is 7.73. The summed E-state index contributed by atoms with van der Waals surface area (Å²) < 4.78 is 0. The van der Waals surface area contributed by atoms with E-state index in [1.54, 1.807) is 6.08 Å². The van der Waals surface area contributed by atoms with E-state index in [1.165, 1.54) is 0 Å². The number of benzene rings is 1. The fourth-order valence-corrected chi connectivity index (χ4v) is 2.68. The summed E-state index contributed by atoms with van der Waals surface area (Å²) in [5, 5.41) is 12.6. The molecule has 2 rings (SSSR count). The van der Waals surface area contributed by atoms with Gasteiger partial charge >= 0.3 is 0 Å². The lowest BCUT2D eigenvalue weighted by molar-refractivity contribution is -0.112. The third kappa shape index (κ3) is 5.46. The van der Waals surface area contributed by atoms with Crippen LogP contribution in [0.15, 0.2) is 35.9 Å². The molecule has 0 aliphatic carbocycles. The second kappa shape index (κ2) is 7.95. The minimum Gasteiger partial charge on any atom is -0.393 e. The lowest BCUT2D eigenvalue weighted by Gasteiger charge is -2.30. The largest absolute Gasteiger partial charge is 0.393 e. The van der Waals surface area contributed by atoms with Crippen LogP contribution in [0.1, 0.15) is 46.1 Å². The zero-order chi connectivity index (χ0) is 17.7. The molecule has 1 aliphatic rings. The number of piperidine rings is 1. The van der Waals surface area contributed by atoms with Gasteiger partial charge in [0.2, 0.25) is 5.91 Å². The number of nitrogens with zero attached hydrogens (tertiary/aromatic N) is 1. The number of carbonyl (C=O) groups is 1. The van der Waals surface area contributed by atoms with Gasteiger partial charge in [-0.05, 0) is 36.8 Å². The van der Waals surface area contributed by atoms with Crippen LogP contribution in [0.4, 0.5) is 5.69 Å². The molecule has 1 aromatic carbocycles. The van der Waals surface area contributed by atoms with Crippen molar-refractivity contribution in [1.29, 1.82) is 0 Å². The maximum Gasteiger partial charge on any atom is 0.248 e. The van der Waals surface area contributed by atoms with Crippen LogP contribution >= 0.6 is 0 Å².